The molecule has 0 spiro atoms. The van der Waals surface area contributed by atoms with Gasteiger partial charge in [0.2, 0.25) is 0 Å². The van der Waals surface area contributed by atoms with E-state index in [0.717, 1.165) is 29.9 Å². The molecule has 1 atom stereocenters. The number of ether oxygens (including phenoxy) is 3. The second-order valence-electron chi connectivity index (χ2n) is 14.3. The number of nitriles is 1. The molecular weight excluding hydrogens is 657 g/mol. The van der Waals surface area contributed by atoms with Gasteiger partial charge in [-0.2, -0.15) is 23.9 Å². The fraction of sp³-hybridized carbons (Fsp3) is 0.583. The van der Waals surface area contributed by atoms with E-state index in [1.807, 2.05) is 70.8 Å². The highest BCUT2D eigenvalue weighted by Gasteiger charge is 2.40. The molecule has 2 fully saturated rings. The van der Waals surface area contributed by atoms with Gasteiger partial charge in [0.15, 0.2) is 0 Å². The molecule has 3 aromatic rings. The molecule has 2 aliphatic heterocycles. The summed E-state index contributed by atoms with van der Waals surface area (Å²) in [5, 5.41) is 17.3. The van der Waals surface area contributed by atoms with E-state index in [-0.39, 0.29) is 31.7 Å². The van der Waals surface area contributed by atoms with E-state index < -0.39 is 17.2 Å². The van der Waals surface area contributed by atoms with Crippen LogP contribution in [0.4, 0.5) is 15.4 Å². The molecule has 2 saturated heterocycles. The van der Waals surface area contributed by atoms with Crippen molar-refractivity contribution in [3.8, 4) is 22.9 Å². The summed E-state index contributed by atoms with van der Waals surface area (Å²) >= 11 is 0. The Bertz CT molecular complexity index is 1660. The van der Waals surface area contributed by atoms with Gasteiger partial charge in [0, 0.05) is 62.6 Å². The van der Waals surface area contributed by atoms with Gasteiger partial charge in [-0.3, -0.25) is 4.90 Å². The number of carbonyl (C=O) groups is 2. The van der Waals surface area contributed by atoms with Gasteiger partial charge >= 0.3 is 12.2 Å². The fourth-order valence-electron chi connectivity index (χ4n) is 6.61. The van der Waals surface area contributed by atoms with Crippen molar-refractivity contribution in [2.75, 3.05) is 50.8 Å². The van der Waals surface area contributed by atoms with Crippen LogP contribution in [-0.2, 0) is 9.47 Å². The van der Waals surface area contributed by atoms with Crippen LogP contribution >= 0.6 is 13.5 Å². The minimum Gasteiger partial charge on any atom is -0.492 e. The maximum atomic E-state index is 13.0. The molecule has 1 N–H and O–H groups in total. The number of piperidine rings is 1. The van der Waals surface area contributed by atoms with Crippen molar-refractivity contribution in [1.82, 2.24) is 29.7 Å². The highest BCUT2D eigenvalue weighted by Crippen LogP contribution is 2.33. The summed E-state index contributed by atoms with van der Waals surface area (Å²) in [5.74, 6) is 1.50. The van der Waals surface area contributed by atoms with Gasteiger partial charge in [-0.15, -0.1) is 0 Å². The van der Waals surface area contributed by atoms with Crippen molar-refractivity contribution in [2.45, 2.75) is 91.0 Å². The number of alkyl carbamates (subject to hydrolysis) is 1. The zero-order valence-corrected chi connectivity index (χ0v) is 31.4. The molecule has 0 aliphatic carbocycles. The van der Waals surface area contributed by atoms with Crippen LogP contribution in [0.1, 0.15) is 73.3 Å². The van der Waals surface area contributed by atoms with E-state index in [4.69, 9.17) is 19.2 Å². The quantitative estimate of drug-likeness (QED) is 0.316. The summed E-state index contributed by atoms with van der Waals surface area (Å²) in [7, 11) is 0. The topological polar surface area (TPSA) is 138 Å². The average Bonchev–Trinajstić information content (AvgIpc) is 3.36. The van der Waals surface area contributed by atoms with Crippen molar-refractivity contribution in [1.29, 1.82) is 5.26 Å². The van der Waals surface area contributed by atoms with Crippen LogP contribution in [-0.4, -0.2) is 106 Å². The van der Waals surface area contributed by atoms with Gasteiger partial charge in [0.1, 0.15) is 23.2 Å². The Labute approximate surface area is 302 Å². The molecule has 3 aromatic heterocycles. The normalized spacial score (nSPS) is 18.2. The zero-order valence-electron chi connectivity index (χ0n) is 30.4. The maximum absolute atomic E-state index is 13.0. The first-order valence-electron chi connectivity index (χ1n) is 17.3. The smallest absolute Gasteiger partial charge is 0.410 e. The zero-order chi connectivity index (χ0) is 35.3. The summed E-state index contributed by atoms with van der Waals surface area (Å²) < 4.78 is 18.7. The lowest BCUT2D eigenvalue weighted by atomic mass is 9.86. The number of anilines is 1. The molecule has 0 bridgehead atoms. The Morgan fingerprint density at radius 2 is 1.86 bits per heavy atom. The van der Waals surface area contributed by atoms with Crippen LogP contribution in [0.15, 0.2) is 36.8 Å². The predicted molar refractivity (Wildman–Crippen MR) is 197 cm³/mol. The number of hydrogen-bond donors (Lipinski definition) is 1. The van der Waals surface area contributed by atoms with Crippen molar-refractivity contribution in [2.24, 2.45) is 0 Å². The van der Waals surface area contributed by atoms with E-state index in [1.165, 1.54) is 0 Å². The lowest BCUT2D eigenvalue weighted by molar-refractivity contribution is 0.0186. The molecule has 0 saturated carbocycles. The largest absolute Gasteiger partial charge is 0.492 e. The van der Waals surface area contributed by atoms with Gasteiger partial charge in [-0.25, -0.2) is 19.1 Å². The molecule has 0 aromatic carbocycles. The molecule has 13 nitrogen and oxygen atoms in total. The van der Waals surface area contributed by atoms with Crippen LogP contribution in [0.2, 0.25) is 0 Å². The molecule has 0 unspecified atom stereocenters. The molecule has 0 radical (unpaired) electrons. The van der Waals surface area contributed by atoms with E-state index >= 15 is 0 Å². The SMILES string of the molecule is CCOc1cc(-c2ccc(N3CCC(CN4CC[C@H](C)N(C(=O)OC(C)(C)C)CC4)(NC(=O)OC(C)C)CC3)nc2)c2c(C#N)cnn2c1.S. The average molecular weight is 709 g/mol. The van der Waals surface area contributed by atoms with E-state index in [2.05, 4.69) is 33.2 Å². The molecule has 272 valence electrons. The molecule has 2 amide bonds. The lowest BCUT2D eigenvalue weighted by Gasteiger charge is -2.45. The van der Waals surface area contributed by atoms with Gasteiger partial charge in [-0.05, 0) is 85.9 Å². The second-order valence-corrected chi connectivity index (χ2v) is 14.3. The highest BCUT2D eigenvalue weighted by atomic mass is 32.1. The van der Waals surface area contributed by atoms with Crippen molar-refractivity contribution in [3.63, 3.8) is 0 Å². The monoisotopic (exact) mass is 708 g/mol. The minimum absolute atomic E-state index is 0. The molecule has 14 heteroatoms. The molecular formula is C36H52N8O5S. The first-order valence-corrected chi connectivity index (χ1v) is 17.3. The number of pyridine rings is 2. The van der Waals surface area contributed by atoms with Crippen LogP contribution in [0, 0.1) is 11.3 Å². The Morgan fingerprint density at radius 1 is 1.12 bits per heavy atom. The van der Waals surface area contributed by atoms with Crippen molar-refractivity contribution < 1.29 is 23.8 Å². The third-order valence-electron chi connectivity index (χ3n) is 9.04. The van der Waals surface area contributed by atoms with Crippen molar-refractivity contribution >= 4 is 37.0 Å². The van der Waals surface area contributed by atoms with Crippen LogP contribution in [0.25, 0.3) is 16.6 Å². The molecule has 5 heterocycles. The highest BCUT2D eigenvalue weighted by molar-refractivity contribution is 7.59. The summed E-state index contributed by atoms with van der Waals surface area (Å²) in [6.45, 7) is 17.9. The standard InChI is InChI=1S/C36H50N8O5.H2S/c1-8-47-29-19-30(32-28(20-37)22-39-44(32)23-29)27-9-10-31(38-21-27)42-15-12-36(13-16-42,40-33(45)48-25(2)3)24-41-14-11-26(4)43(18-17-41)34(46)49-35(5,6)7;/h9-10,19,21-23,25-26H,8,11-18,24H2,1-7H3,(H,40,45);1H2/t26-;/m0./s1. The summed E-state index contributed by atoms with van der Waals surface area (Å²) in [4.78, 5) is 37.2. The van der Waals surface area contributed by atoms with Crippen LogP contribution in [0.5, 0.6) is 5.75 Å². The third-order valence-corrected chi connectivity index (χ3v) is 9.04. The van der Waals surface area contributed by atoms with Gasteiger partial charge in [-0.1, -0.05) is 0 Å². The second kappa shape index (κ2) is 16.2. The fourth-order valence-corrected chi connectivity index (χ4v) is 6.61. The number of nitrogens with zero attached hydrogens (tertiary/aromatic N) is 7. The van der Waals surface area contributed by atoms with E-state index in [1.54, 1.807) is 16.9 Å². The first kappa shape index (κ1) is 38.6. The molecule has 50 heavy (non-hydrogen) atoms. The van der Waals surface area contributed by atoms with Crippen LogP contribution in [0.3, 0.4) is 0 Å². The molecule has 5 rings (SSSR count). The first-order chi connectivity index (χ1) is 23.3. The maximum Gasteiger partial charge on any atom is 0.410 e. The Kier molecular flexibility index (Phi) is 12.5. The van der Waals surface area contributed by atoms with E-state index in [0.29, 0.717) is 69.0 Å². The number of fused-ring (bicyclic) bond motifs is 1. The van der Waals surface area contributed by atoms with Gasteiger partial charge in [0.25, 0.3) is 0 Å². The number of aromatic nitrogens is 3. The summed E-state index contributed by atoms with van der Waals surface area (Å²) in [5.41, 5.74) is 1.80. The number of amides is 2. The van der Waals surface area contributed by atoms with E-state index in [9.17, 15) is 14.9 Å². The van der Waals surface area contributed by atoms with Gasteiger partial charge in [0.05, 0.1) is 41.7 Å². The number of carbonyl (C=O) groups excluding carboxylic acids is 2. The Hall–Kier alpha value is -4.22. The predicted octanol–water partition coefficient (Wildman–Crippen LogP) is 5.58. The number of rotatable bonds is 8. The third kappa shape index (κ3) is 9.31. The number of nitrogens with one attached hydrogen (secondary N) is 1. The van der Waals surface area contributed by atoms with Gasteiger partial charge < -0.3 is 29.3 Å². The number of hydrogen-bond acceptors (Lipinski definition) is 10. The van der Waals surface area contributed by atoms with Crippen LogP contribution < -0.4 is 15.0 Å². The minimum atomic E-state index is -0.557. The van der Waals surface area contributed by atoms with Crippen molar-refractivity contribution in [3.05, 3.63) is 42.4 Å². The Balaban J connectivity index is 0.00000562. The molecule has 2 aliphatic rings. The summed E-state index contributed by atoms with van der Waals surface area (Å²) in [6.07, 6.45) is 6.43. The Morgan fingerprint density at radius 3 is 2.48 bits per heavy atom. The lowest BCUT2D eigenvalue weighted by Crippen LogP contribution is -2.61. The summed E-state index contributed by atoms with van der Waals surface area (Å²) in [6, 6.07) is 8.21.